The van der Waals surface area contributed by atoms with Crippen LogP contribution in [-0.4, -0.2) is 9.78 Å². The fraction of sp³-hybridized carbons (Fsp3) is 0.0909. The van der Waals surface area contributed by atoms with Crippen molar-refractivity contribution in [1.82, 2.24) is 9.78 Å². The average molecular weight is 183 g/mol. The zero-order valence-corrected chi connectivity index (χ0v) is 7.81. The molecule has 0 unspecified atom stereocenters. The van der Waals surface area contributed by atoms with E-state index < -0.39 is 0 Å². The van der Waals surface area contributed by atoms with Crippen LogP contribution in [-0.2, 0) is 7.05 Å². The summed E-state index contributed by atoms with van der Waals surface area (Å²) in [6.45, 7) is 6.64. The molecule has 0 amide bonds. The van der Waals surface area contributed by atoms with E-state index in [0.717, 1.165) is 16.5 Å². The second-order valence-electron chi connectivity index (χ2n) is 3.03. The maximum Gasteiger partial charge on any atom is 0.154 e. The molecule has 14 heavy (non-hydrogen) atoms. The van der Waals surface area contributed by atoms with Gasteiger partial charge in [-0.2, -0.15) is 5.10 Å². The van der Waals surface area contributed by atoms with Gasteiger partial charge in [-0.15, -0.1) is 0 Å². The topological polar surface area (TPSA) is 22.2 Å². The zero-order chi connectivity index (χ0) is 9.97. The van der Waals surface area contributed by atoms with Crippen LogP contribution >= 0.6 is 0 Å². The van der Waals surface area contributed by atoms with Crippen LogP contribution in [0.15, 0.2) is 30.6 Å². The highest BCUT2D eigenvalue weighted by molar-refractivity contribution is 5.81. The minimum atomic E-state index is 1.03. The Morgan fingerprint density at radius 3 is 3.14 bits per heavy atom. The van der Waals surface area contributed by atoms with E-state index in [2.05, 4.69) is 9.94 Å². The van der Waals surface area contributed by atoms with Crippen LogP contribution in [0.1, 0.15) is 5.56 Å². The number of hydrogen-bond donors (Lipinski definition) is 0. The smallest absolute Gasteiger partial charge is 0.154 e. The Kier molecular flexibility index (Phi) is 2.04. The Labute approximate surface area is 82.1 Å². The Morgan fingerprint density at radius 2 is 2.36 bits per heavy atom. The van der Waals surface area contributed by atoms with E-state index in [0.29, 0.717) is 0 Å². The van der Waals surface area contributed by atoms with Gasteiger partial charge < -0.3 is 0 Å². The molecule has 0 spiro atoms. The van der Waals surface area contributed by atoms with Gasteiger partial charge in [0.15, 0.2) is 6.20 Å². The first kappa shape index (κ1) is 8.52. The van der Waals surface area contributed by atoms with Crippen molar-refractivity contribution in [2.24, 2.45) is 7.05 Å². The molecular formula is C11H9N3. The molecule has 2 aromatic rings. The minimum Gasteiger partial charge on any atom is -0.268 e. The Hall–Kier alpha value is -2.08. The van der Waals surface area contributed by atoms with E-state index in [4.69, 9.17) is 6.57 Å². The van der Waals surface area contributed by atoms with Gasteiger partial charge in [-0.1, -0.05) is 12.1 Å². The third-order valence-electron chi connectivity index (χ3n) is 2.11. The predicted molar refractivity (Wildman–Crippen MR) is 56.4 cm³/mol. The molecule has 1 aromatic carbocycles. The molecule has 3 nitrogen and oxygen atoms in total. The number of rotatable bonds is 1. The Bertz CT molecular complexity index is 529. The number of fused-ring (bicyclic) bond motifs is 1. The third kappa shape index (κ3) is 1.38. The summed E-state index contributed by atoms with van der Waals surface area (Å²) in [5, 5.41) is 5.25. The molecule has 0 aliphatic heterocycles. The highest BCUT2D eigenvalue weighted by Gasteiger charge is 1.98. The molecule has 0 bridgehead atoms. The van der Waals surface area contributed by atoms with Crippen molar-refractivity contribution >= 4 is 17.0 Å². The quantitative estimate of drug-likeness (QED) is 0.622. The highest BCUT2D eigenvalue weighted by atomic mass is 15.2. The lowest BCUT2D eigenvalue weighted by molar-refractivity contribution is 0.797. The summed E-state index contributed by atoms with van der Waals surface area (Å²) in [4.78, 5) is 3.16. The molecule has 0 radical (unpaired) electrons. The van der Waals surface area contributed by atoms with Gasteiger partial charge in [-0.25, -0.2) is 4.85 Å². The summed E-state index contributed by atoms with van der Waals surface area (Å²) in [5.41, 5.74) is 2.13. The van der Waals surface area contributed by atoms with Crippen LogP contribution in [0.3, 0.4) is 0 Å². The lowest BCUT2D eigenvalue weighted by Gasteiger charge is -1.95. The molecule has 0 aliphatic rings. The monoisotopic (exact) mass is 183 g/mol. The maximum absolute atomic E-state index is 6.64. The van der Waals surface area contributed by atoms with Crippen molar-refractivity contribution in [1.29, 1.82) is 0 Å². The molecule has 0 fully saturated rings. The zero-order valence-electron chi connectivity index (χ0n) is 7.81. The molecule has 0 saturated heterocycles. The van der Waals surface area contributed by atoms with Crippen LogP contribution in [0, 0.1) is 6.57 Å². The van der Waals surface area contributed by atoms with Gasteiger partial charge in [-0.3, -0.25) is 4.68 Å². The van der Waals surface area contributed by atoms with E-state index in [-0.39, 0.29) is 0 Å². The number of nitrogens with zero attached hydrogens (tertiary/aromatic N) is 3. The first-order chi connectivity index (χ1) is 6.81. The van der Waals surface area contributed by atoms with Crippen molar-refractivity contribution in [3.8, 4) is 0 Å². The number of benzene rings is 1. The van der Waals surface area contributed by atoms with Gasteiger partial charge in [0.25, 0.3) is 0 Å². The fourth-order valence-corrected chi connectivity index (χ4v) is 1.41. The summed E-state index contributed by atoms with van der Waals surface area (Å²) in [7, 11) is 1.91. The van der Waals surface area contributed by atoms with Gasteiger partial charge in [0.2, 0.25) is 0 Å². The number of aromatic nitrogens is 2. The molecule has 1 aromatic heterocycles. The Balaban J connectivity index is 2.53. The molecule has 1 heterocycles. The third-order valence-corrected chi connectivity index (χ3v) is 2.11. The van der Waals surface area contributed by atoms with Crippen LogP contribution < -0.4 is 0 Å². The summed E-state index contributed by atoms with van der Waals surface area (Å²) in [6, 6.07) is 6.00. The predicted octanol–water partition coefficient (Wildman–Crippen LogP) is 2.46. The number of hydrogen-bond acceptors (Lipinski definition) is 1. The first-order valence-electron chi connectivity index (χ1n) is 4.26. The molecule has 3 heteroatoms. The van der Waals surface area contributed by atoms with Gasteiger partial charge in [-0.05, 0) is 17.7 Å². The first-order valence-corrected chi connectivity index (χ1v) is 4.26. The lowest BCUT2D eigenvalue weighted by atomic mass is 10.1. The fourth-order valence-electron chi connectivity index (χ4n) is 1.41. The van der Waals surface area contributed by atoms with Crippen LogP contribution in [0.2, 0.25) is 0 Å². The second-order valence-corrected chi connectivity index (χ2v) is 3.03. The van der Waals surface area contributed by atoms with Crippen molar-refractivity contribution < 1.29 is 0 Å². The van der Waals surface area contributed by atoms with Gasteiger partial charge >= 0.3 is 0 Å². The molecule has 0 saturated carbocycles. The minimum absolute atomic E-state index is 1.03. The standard InChI is InChI=1S/C11H9N3/c1-12-6-5-9-3-4-11-10(7-9)8-13-14(11)2/h3-8H,2H3. The average Bonchev–Trinajstić information content (AvgIpc) is 2.57. The van der Waals surface area contributed by atoms with Crippen LogP contribution in [0.4, 0.5) is 0 Å². The highest BCUT2D eigenvalue weighted by Crippen LogP contribution is 2.15. The van der Waals surface area contributed by atoms with Crippen molar-refractivity contribution in [3.05, 3.63) is 47.6 Å². The summed E-state index contributed by atoms with van der Waals surface area (Å²) >= 11 is 0. The SMILES string of the molecule is [C-]#[N+]C=Cc1ccc2c(cnn2C)c1. The van der Waals surface area contributed by atoms with E-state index in [9.17, 15) is 0 Å². The molecular weight excluding hydrogens is 174 g/mol. The molecule has 68 valence electrons. The summed E-state index contributed by atoms with van der Waals surface area (Å²) in [5.74, 6) is 0. The van der Waals surface area contributed by atoms with Crippen molar-refractivity contribution in [2.75, 3.05) is 0 Å². The largest absolute Gasteiger partial charge is 0.268 e. The molecule has 0 N–H and O–H groups in total. The van der Waals surface area contributed by atoms with Gasteiger partial charge in [0.05, 0.1) is 18.3 Å². The van der Waals surface area contributed by atoms with E-state index in [1.54, 1.807) is 6.08 Å². The van der Waals surface area contributed by atoms with E-state index >= 15 is 0 Å². The Morgan fingerprint density at radius 1 is 1.50 bits per heavy atom. The maximum atomic E-state index is 6.64. The van der Waals surface area contributed by atoms with Crippen molar-refractivity contribution in [2.45, 2.75) is 0 Å². The second kappa shape index (κ2) is 3.35. The summed E-state index contributed by atoms with van der Waals surface area (Å²) < 4.78 is 1.83. The normalized spacial score (nSPS) is 10.9. The van der Waals surface area contributed by atoms with E-state index in [1.165, 1.54) is 6.20 Å². The lowest BCUT2D eigenvalue weighted by Crippen LogP contribution is -1.87. The van der Waals surface area contributed by atoms with Crippen LogP contribution in [0.25, 0.3) is 21.8 Å². The van der Waals surface area contributed by atoms with E-state index in [1.807, 2.05) is 36.1 Å². The number of aryl methyl sites for hydroxylation is 1. The summed E-state index contributed by atoms with van der Waals surface area (Å²) in [6.07, 6.45) is 5.07. The van der Waals surface area contributed by atoms with Gasteiger partial charge in [0.1, 0.15) is 0 Å². The van der Waals surface area contributed by atoms with Gasteiger partial charge in [0, 0.05) is 12.4 Å². The molecule has 2 rings (SSSR count). The molecule has 0 aliphatic carbocycles. The van der Waals surface area contributed by atoms with Crippen LogP contribution in [0.5, 0.6) is 0 Å². The molecule has 0 atom stereocenters. The van der Waals surface area contributed by atoms with Crippen molar-refractivity contribution in [3.63, 3.8) is 0 Å².